The largest absolute Gasteiger partial charge is 0.382 e. The topological polar surface area (TPSA) is 51.1 Å². The van der Waals surface area contributed by atoms with Crippen LogP contribution < -0.4 is 10.6 Å². The van der Waals surface area contributed by atoms with Gasteiger partial charge in [0.1, 0.15) is 0 Å². The number of aryl methyl sites for hydroxylation is 2. The molecule has 0 saturated carbocycles. The fourth-order valence-corrected chi connectivity index (χ4v) is 2.25. The molecule has 0 bridgehead atoms. The van der Waals surface area contributed by atoms with Crippen LogP contribution in [0.15, 0.2) is 6.20 Å². The second-order valence-electron chi connectivity index (χ2n) is 4.70. The van der Waals surface area contributed by atoms with Crippen molar-refractivity contribution < 1.29 is 4.74 Å². The molecule has 1 rings (SSSR count). The van der Waals surface area contributed by atoms with E-state index in [1.807, 2.05) is 18.5 Å². The first-order valence-electron chi connectivity index (χ1n) is 7.24. The third kappa shape index (κ3) is 5.46. The summed E-state index contributed by atoms with van der Waals surface area (Å²) in [5.74, 6) is 0. The lowest BCUT2D eigenvalue weighted by Gasteiger charge is -2.16. The Hall–Kier alpha value is -1.14. The molecule has 0 amide bonds. The van der Waals surface area contributed by atoms with Gasteiger partial charge in [-0.25, -0.2) is 0 Å². The van der Waals surface area contributed by atoms with Crippen LogP contribution in [0.1, 0.15) is 44.5 Å². The highest BCUT2D eigenvalue weighted by molar-refractivity contribution is 7.80. The molecule has 1 atom stereocenters. The molecule has 0 fully saturated rings. The number of nitrogens with one attached hydrogen (secondary N) is 2. The molecular weight excluding hydrogens is 272 g/mol. The molecular formula is C14H26N4OS. The van der Waals surface area contributed by atoms with E-state index in [1.54, 1.807) is 0 Å². The Kier molecular flexibility index (Phi) is 7.54. The lowest BCUT2D eigenvalue weighted by Crippen LogP contribution is -2.37. The average Bonchev–Trinajstić information content (AvgIpc) is 2.80. The van der Waals surface area contributed by atoms with E-state index in [-0.39, 0.29) is 6.04 Å². The van der Waals surface area contributed by atoms with Gasteiger partial charge < -0.3 is 15.4 Å². The molecule has 2 N–H and O–H groups in total. The third-order valence-corrected chi connectivity index (χ3v) is 3.34. The lowest BCUT2D eigenvalue weighted by atomic mass is 10.1. The van der Waals surface area contributed by atoms with E-state index in [1.165, 1.54) is 5.56 Å². The van der Waals surface area contributed by atoms with Crippen LogP contribution in [0.25, 0.3) is 0 Å². The summed E-state index contributed by atoms with van der Waals surface area (Å²) < 4.78 is 7.23. The van der Waals surface area contributed by atoms with Crippen molar-refractivity contribution in [2.45, 2.75) is 46.7 Å². The summed E-state index contributed by atoms with van der Waals surface area (Å²) in [6.07, 6.45) is 3.03. The molecule has 0 spiro atoms. The highest BCUT2D eigenvalue weighted by Crippen LogP contribution is 2.15. The van der Waals surface area contributed by atoms with Crippen LogP contribution in [0.2, 0.25) is 0 Å². The Labute approximate surface area is 127 Å². The maximum absolute atomic E-state index is 5.30. The number of aromatic nitrogens is 2. The zero-order valence-corrected chi connectivity index (χ0v) is 13.7. The Bertz CT molecular complexity index is 419. The summed E-state index contributed by atoms with van der Waals surface area (Å²) in [6, 6.07) is 0.155. The van der Waals surface area contributed by atoms with Gasteiger partial charge in [0.15, 0.2) is 5.11 Å². The SMILES string of the molecule is CCOCCCNC(=S)NC(C)c1cn(CC)nc1C. The van der Waals surface area contributed by atoms with Gasteiger partial charge in [-0.2, -0.15) is 5.10 Å². The number of rotatable bonds is 8. The quantitative estimate of drug-likeness (QED) is 0.569. The Morgan fingerprint density at radius 3 is 2.85 bits per heavy atom. The van der Waals surface area contributed by atoms with Crippen LogP contribution in [0, 0.1) is 6.92 Å². The van der Waals surface area contributed by atoms with E-state index in [2.05, 4.69) is 35.8 Å². The minimum atomic E-state index is 0.155. The first kappa shape index (κ1) is 16.9. The van der Waals surface area contributed by atoms with Gasteiger partial charge in [0.05, 0.1) is 11.7 Å². The van der Waals surface area contributed by atoms with Crippen molar-refractivity contribution in [3.63, 3.8) is 0 Å². The van der Waals surface area contributed by atoms with Crippen LogP contribution >= 0.6 is 12.2 Å². The summed E-state index contributed by atoms with van der Waals surface area (Å²) in [5, 5.41) is 11.6. The minimum absolute atomic E-state index is 0.155. The first-order valence-corrected chi connectivity index (χ1v) is 7.65. The molecule has 6 heteroatoms. The molecule has 0 aliphatic heterocycles. The molecule has 1 unspecified atom stereocenters. The predicted molar refractivity (Wildman–Crippen MR) is 85.9 cm³/mol. The summed E-state index contributed by atoms with van der Waals surface area (Å²) in [4.78, 5) is 0. The first-order chi connectivity index (χ1) is 9.58. The fourth-order valence-electron chi connectivity index (χ4n) is 1.97. The van der Waals surface area contributed by atoms with Crippen LogP contribution in [0.3, 0.4) is 0 Å². The molecule has 0 aliphatic carbocycles. The molecule has 1 aromatic heterocycles. The Balaban J connectivity index is 2.35. The second-order valence-corrected chi connectivity index (χ2v) is 5.11. The van der Waals surface area contributed by atoms with Crippen molar-refractivity contribution in [3.05, 3.63) is 17.5 Å². The maximum atomic E-state index is 5.30. The molecule has 1 heterocycles. The Morgan fingerprint density at radius 1 is 1.50 bits per heavy atom. The third-order valence-electron chi connectivity index (χ3n) is 3.08. The summed E-state index contributed by atoms with van der Waals surface area (Å²) in [6.45, 7) is 11.4. The van der Waals surface area contributed by atoms with Crippen molar-refractivity contribution >= 4 is 17.3 Å². The summed E-state index contributed by atoms with van der Waals surface area (Å²) >= 11 is 5.30. The molecule has 1 aromatic rings. The van der Waals surface area contributed by atoms with Gasteiger partial charge in [-0.05, 0) is 46.3 Å². The Morgan fingerprint density at radius 2 is 2.25 bits per heavy atom. The highest BCUT2D eigenvalue weighted by atomic mass is 32.1. The van der Waals surface area contributed by atoms with E-state index in [0.29, 0.717) is 5.11 Å². The number of ether oxygens (including phenoxy) is 1. The fraction of sp³-hybridized carbons (Fsp3) is 0.714. The highest BCUT2D eigenvalue weighted by Gasteiger charge is 2.12. The molecule has 20 heavy (non-hydrogen) atoms. The zero-order valence-electron chi connectivity index (χ0n) is 12.9. The van der Waals surface area contributed by atoms with E-state index < -0.39 is 0 Å². The van der Waals surface area contributed by atoms with Crippen molar-refractivity contribution in [1.82, 2.24) is 20.4 Å². The number of nitrogens with zero attached hydrogens (tertiary/aromatic N) is 2. The monoisotopic (exact) mass is 298 g/mol. The minimum Gasteiger partial charge on any atom is -0.382 e. The average molecular weight is 298 g/mol. The lowest BCUT2D eigenvalue weighted by molar-refractivity contribution is 0.145. The zero-order chi connectivity index (χ0) is 15.0. The van der Waals surface area contributed by atoms with Gasteiger partial charge in [0, 0.05) is 38.1 Å². The van der Waals surface area contributed by atoms with Gasteiger partial charge in [0.25, 0.3) is 0 Å². The molecule has 0 aromatic carbocycles. The van der Waals surface area contributed by atoms with Crippen LogP contribution in [0.5, 0.6) is 0 Å². The van der Waals surface area contributed by atoms with Crippen molar-refractivity contribution in [3.8, 4) is 0 Å². The standard InChI is InChI=1S/C14H26N4OS/c1-5-18-10-13(12(4)17-18)11(3)16-14(20)15-8-7-9-19-6-2/h10-11H,5-9H2,1-4H3,(H2,15,16,20). The smallest absolute Gasteiger partial charge is 0.166 e. The van der Waals surface area contributed by atoms with Gasteiger partial charge in [0.2, 0.25) is 0 Å². The van der Waals surface area contributed by atoms with Crippen LogP contribution in [0.4, 0.5) is 0 Å². The molecule has 5 nitrogen and oxygen atoms in total. The van der Waals surface area contributed by atoms with Gasteiger partial charge >= 0.3 is 0 Å². The van der Waals surface area contributed by atoms with Crippen LogP contribution in [-0.2, 0) is 11.3 Å². The van der Waals surface area contributed by atoms with E-state index in [9.17, 15) is 0 Å². The van der Waals surface area contributed by atoms with Gasteiger partial charge in [-0.3, -0.25) is 4.68 Å². The number of hydrogen-bond acceptors (Lipinski definition) is 3. The maximum Gasteiger partial charge on any atom is 0.166 e. The normalized spacial score (nSPS) is 12.2. The summed E-state index contributed by atoms with van der Waals surface area (Å²) in [5.41, 5.74) is 2.23. The molecule has 0 aliphatic rings. The molecule has 0 radical (unpaired) electrons. The van der Waals surface area contributed by atoms with Gasteiger partial charge in [-0.1, -0.05) is 0 Å². The van der Waals surface area contributed by atoms with E-state index in [4.69, 9.17) is 17.0 Å². The van der Waals surface area contributed by atoms with Crippen molar-refractivity contribution in [2.24, 2.45) is 0 Å². The second kappa shape index (κ2) is 8.92. The number of hydrogen-bond donors (Lipinski definition) is 2. The predicted octanol–water partition coefficient (Wildman–Crippen LogP) is 2.16. The molecule has 0 saturated heterocycles. The van der Waals surface area contributed by atoms with Crippen LogP contribution in [-0.4, -0.2) is 34.7 Å². The number of thiocarbonyl (C=S) groups is 1. The van der Waals surface area contributed by atoms with E-state index >= 15 is 0 Å². The van der Waals surface area contributed by atoms with Crippen molar-refractivity contribution in [1.29, 1.82) is 0 Å². The molecule has 114 valence electrons. The van der Waals surface area contributed by atoms with E-state index in [0.717, 1.165) is 38.4 Å². The summed E-state index contributed by atoms with van der Waals surface area (Å²) in [7, 11) is 0. The van der Waals surface area contributed by atoms with Gasteiger partial charge in [-0.15, -0.1) is 0 Å². The van der Waals surface area contributed by atoms with Crippen molar-refractivity contribution in [2.75, 3.05) is 19.8 Å².